The molecular formula is C22H30N4O5S2. The van der Waals surface area contributed by atoms with Gasteiger partial charge in [0, 0.05) is 26.2 Å². The molecule has 2 fully saturated rings. The molecule has 0 radical (unpaired) electrons. The van der Waals surface area contributed by atoms with Gasteiger partial charge >= 0.3 is 6.03 Å². The number of nitrogens with zero attached hydrogens (tertiary/aromatic N) is 2. The third-order valence-corrected chi connectivity index (χ3v) is 9.43. The van der Waals surface area contributed by atoms with Gasteiger partial charge in [-0.1, -0.05) is 12.8 Å². The maximum absolute atomic E-state index is 13.0. The Morgan fingerprint density at radius 3 is 2.58 bits per heavy atom. The van der Waals surface area contributed by atoms with E-state index >= 15 is 0 Å². The topological polar surface area (TPSA) is 112 Å². The standard InChI is InChI=1S/C22H30N4O5S2/c27-21(23-15-18-8-6-14-31-18)17-7-5-11-25(16-17)22(28)24-19-9-10-20(32-19)33(29,30)26-12-3-1-2-4-13-26/h6,8-10,14,17H,1-5,7,11-13,15-16H2,(H,23,27)(H,24,28)/t17-/m0/s1. The van der Waals surface area contributed by atoms with Gasteiger partial charge in [0.05, 0.1) is 23.7 Å². The van der Waals surface area contributed by atoms with E-state index in [1.807, 2.05) is 0 Å². The highest BCUT2D eigenvalue weighted by Gasteiger charge is 2.30. The van der Waals surface area contributed by atoms with E-state index in [0.717, 1.165) is 43.4 Å². The number of thiophene rings is 1. The van der Waals surface area contributed by atoms with Crippen LogP contribution in [0.1, 0.15) is 44.3 Å². The maximum Gasteiger partial charge on any atom is 0.322 e. The predicted octanol–water partition coefficient (Wildman–Crippen LogP) is 3.47. The molecule has 2 N–H and O–H groups in total. The van der Waals surface area contributed by atoms with Gasteiger partial charge in [0.25, 0.3) is 10.0 Å². The van der Waals surface area contributed by atoms with Crippen molar-refractivity contribution in [3.63, 3.8) is 0 Å². The van der Waals surface area contributed by atoms with Crippen LogP contribution < -0.4 is 10.6 Å². The van der Waals surface area contributed by atoms with Gasteiger partial charge in [-0.3, -0.25) is 10.1 Å². The maximum atomic E-state index is 13.0. The normalized spacial score (nSPS) is 20.2. The van der Waals surface area contributed by atoms with E-state index in [1.165, 1.54) is 0 Å². The van der Waals surface area contributed by atoms with E-state index in [2.05, 4.69) is 10.6 Å². The smallest absolute Gasteiger partial charge is 0.322 e. The van der Waals surface area contributed by atoms with Crippen LogP contribution in [0, 0.1) is 5.92 Å². The minimum Gasteiger partial charge on any atom is -0.467 e. The molecule has 4 rings (SSSR count). The summed E-state index contributed by atoms with van der Waals surface area (Å²) in [6, 6.07) is 6.43. The lowest BCUT2D eigenvalue weighted by atomic mass is 9.97. The van der Waals surface area contributed by atoms with Crippen molar-refractivity contribution in [1.82, 2.24) is 14.5 Å². The first-order valence-corrected chi connectivity index (χ1v) is 13.6. The second-order valence-electron chi connectivity index (χ2n) is 8.45. The Hall–Kier alpha value is -2.37. The summed E-state index contributed by atoms with van der Waals surface area (Å²) in [5.41, 5.74) is 0. The third-order valence-electron chi connectivity index (χ3n) is 6.07. The van der Waals surface area contributed by atoms with Crippen molar-refractivity contribution in [3.05, 3.63) is 36.3 Å². The lowest BCUT2D eigenvalue weighted by Crippen LogP contribution is -2.46. The van der Waals surface area contributed by atoms with Crippen LogP contribution in [-0.4, -0.2) is 55.7 Å². The van der Waals surface area contributed by atoms with Crippen LogP contribution >= 0.6 is 11.3 Å². The van der Waals surface area contributed by atoms with Gasteiger partial charge in [0.1, 0.15) is 9.97 Å². The number of hydrogen-bond acceptors (Lipinski definition) is 6. The highest BCUT2D eigenvalue weighted by atomic mass is 32.2. The highest BCUT2D eigenvalue weighted by Crippen LogP contribution is 2.30. The van der Waals surface area contributed by atoms with Gasteiger partial charge in [-0.15, -0.1) is 11.3 Å². The molecule has 2 aliphatic heterocycles. The fourth-order valence-corrected chi connectivity index (χ4v) is 7.09. The van der Waals surface area contributed by atoms with Crippen molar-refractivity contribution in [1.29, 1.82) is 0 Å². The van der Waals surface area contributed by atoms with Crippen molar-refractivity contribution in [3.8, 4) is 0 Å². The number of anilines is 1. The molecule has 1 atom stereocenters. The summed E-state index contributed by atoms with van der Waals surface area (Å²) in [6.07, 6.45) is 6.85. The van der Waals surface area contributed by atoms with Gasteiger partial charge < -0.3 is 14.6 Å². The number of hydrogen-bond donors (Lipinski definition) is 2. The fourth-order valence-electron chi connectivity index (χ4n) is 4.23. The minimum absolute atomic E-state index is 0.106. The zero-order valence-electron chi connectivity index (χ0n) is 18.5. The van der Waals surface area contributed by atoms with E-state index in [1.54, 1.807) is 39.7 Å². The van der Waals surface area contributed by atoms with E-state index < -0.39 is 10.0 Å². The molecule has 2 aromatic rings. The first-order valence-electron chi connectivity index (χ1n) is 11.4. The Labute approximate surface area is 198 Å². The quantitative estimate of drug-likeness (QED) is 0.639. The summed E-state index contributed by atoms with van der Waals surface area (Å²) >= 11 is 1.07. The number of sulfonamides is 1. The van der Waals surface area contributed by atoms with Crippen LogP contribution in [0.15, 0.2) is 39.2 Å². The molecular weight excluding hydrogens is 464 g/mol. The van der Waals surface area contributed by atoms with Crippen molar-refractivity contribution in [2.45, 2.75) is 49.3 Å². The molecule has 0 aromatic carbocycles. The summed E-state index contributed by atoms with van der Waals surface area (Å²) in [5.74, 6) is 0.282. The molecule has 2 aliphatic rings. The molecule has 33 heavy (non-hydrogen) atoms. The predicted molar refractivity (Wildman–Crippen MR) is 125 cm³/mol. The SMILES string of the molecule is O=C(NCc1ccco1)[C@H]1CCCN(C(=O)Nc2ccc(S(=O)(=O)N3CCCCCC3)s2)C1. The first-order chi connectivity index (χ1) is 15.9. The number of nitrogens with one attached hydrogen (secondary N) is 2. The number of rotatable bonds is 6. The van der Waals surface area contributed by atoms with Crippen LogP contribution in [0.5, 0.6) is 0 Å². The van der Waals surface area contributed by atoms with E-state index in [4.69, 9.17) is 4.42 Å². The third kappa shape index (κ3) is 5.96. The van der Waals surface area contributed by atoms with Crippen molar-refractivity contribution in [2.75, 3.05) is 31.5 Å². The molecule has 180 valence electrons. The summed E-state index contributed by atoms with van der Waals surface area (Å²) in [5, 5.41) is 6.15. The van der Waals surface area contributed by atoms with Crippen molar-refractivity contribution < 1.29 is 22.4 Å². The lowest BCUT2D eigenvalue weighted by molar-refractivity contribution is -0.126. The molecule has 11 heteroatoms. The number of carbonyl (C=O) groups is 2. The fraction of sp³-hybridized carbons (Fsp3) is 0.545. The van der Waals surface area contributed by atoms with Gasteiger partial charge in [-0.05, 0) is 49.9 Å². The van der Waals surface area contributed by atoms with Crippen LogP contribution in [0.25, 0.3) is 0 Å². The average Bonchev–Trinajstić information content (AvgIpc) is 3.43. The number of furan rings is 1. The molecule has 0 bridgehead atoms. The Morgan fingerprint density at radius 1 is 1.06 bits per heavy atom. The van der Waals surface area contributed by atoms with Crippen molar-refractivity contribution >= 4 is 38.3 Å². The molecule has 0 spiro atoms. The second-order valence-corrected chi connectivity index (χ2v) is 11.7. The first kappa shape index (κ1) is 23.8. The lowest BCUT2D eigenvalue weighted by Gasteiger charge is -2.31. The Kier molecular flexibility index (Phi) is 7.71. The van der Waals surface area contributed by atoms with Crippen molar-refractivity contribution in [2.24, 2.45) is 5.92 Å². The molecule has 0 saturated carbocycles. The molecule has 9 nitrogen and oxygen atoms in total. The van der Waals surface area contributed by atoms with E-state index in [-0.39, 0.29) is 22.1 Å². The summed E-state index contributed by atoms with van der Waals surface area (Å²) in [4.78, 5) is 26.9. The van der Waals surface area contributed by atoms with E-state index in [0.29, 0.717) is 49.9 Å². The molecule has 2 saturated heterocycles. The Morgan fingerprint density at radius 2 is 1.85 bits per heavy atom. The van der Waals surface area contributed by atoms with Crippen LogP contribution in [0.3, 0.4) is 0 Å². The van der Waals surface area contributed by atoms with Gasteiger partial charge in [0.15, 0.2) is 0 Å². The van der Waals surface area contributed by atoms with Gasteiger partial charge in [0.2, 0.25) is 5.91 Å². The molecule has 4 heterocycles. The highest BCUT2D eigenvalue weighted by molar-refractivity contribution is 7.91. The molecule has 3 amide bonds. The van der Waals surface area contributed by atoms with Crippen LogP contribution in [-0.2, 0) is 21.4 Å². The van der Waals surface area contributed by atoms with E-state index in [9.17, 15) is 18.0 Å². The summed E-state index contributed by atoms with van der Waals surface area (Å²) < 4.78 is 33.0. The van der Waals surface area contributed by atoms with Gasteiger partial charge in [-0.2, -0.15) is 4.31 Å². The largest absolute Gasteiger partial charge is 0.467 e. The molecule has 0 aliphatic carbocycles. The minimum atomic E-state index is -3.54. The number of piperidine rings is 1. The molecule has 2 aromatic heterocycles. The summed E-state index contributed by atoms with van der Waals surface area (Å²) in [6.45, 7) is 2.27. The zero-order valence-corrected chi connectivity index (χ0v) is 20.1. The van der Waals surface area contributed by atoms with Crippen LogP contribution in [0.4, 0.5) is 9.80 Å². The summed E-state index contributed by atoms with van der Waals surface area (Å²) in [7, 11) is -3.54. The van der Waals surface area contributed by atoms with Gasteiger partial charge in [-0.25, -0.2) is 13.2 Å². The number of likely N-dealkylation sites (tertiary alicyclic amines) is 1. The Balaban J connectivity index is 1.32. The van der Waals surface area contributed by atoms with Crippen LogP contribution in [0.2, 0.25) is 0 Å². The zero-order chi connectivity index (χ0) is 23.3. The number of carbonyl (C=O) groups excluding carboxylic acids is 2. The second kappa shape index (κ2) is 10.7. The Bertz CT molecular complexity index is 1040. The average molecular weight is 495 g/mol. The number of urea groups is 1. The number of amides is 3. The molecule has 0 unspecified atom stereocenters. The monoisotopic (exact) mass is 494 g/mol.